The number of thiocarbonyl (C=S) groups is 1. The number of hydrogen-bond acceptors (Lipinski definition) is 7. The third kappa shape index (κ3) is 5.19. The normalized spacial score (nSPS) is 19.9. The molecular weight excluding hydrogens is 648 g/mol. The molecule has 0 aromatic heterocycles. The van der Waals surface area contributed by atoms with Crippen LogP contribution in [0.3, 0.4) is 0 Å². The number of hydrogen-bond donors (Lipinski definition) is 1. The van der Waals surface area contributed by atoms with E-state index in [4.69, 9.17) is 33.7 Å². The molecule has 1 fully saturated rings. The van der Waals surface area contributed by atoms with E-state index in [9.17, 15) is 14.4 Å². The van der Waals surface area contributed by atoms with Gasteiger partial charge in [-0.15, -0.1) is 0 Å². The van der Waals surface area contributed by atoms with E-state index in [0.29, 0.717) is 28.4 Å². The summed E-state index contributed by atoms with van der Waals surface area (Å²) in [5, 5.41) is 9.32. The fraction of sp³-hybridized carbons (Fsp3) is 0.138. The van der Waals surface area contributed by atoms with E-state index >= 15 is 0 Å². The molecule has 3 aliphatic rings. The van der Waals surface area contributed by atoms with Crippen molar-refractivity contribution in [2.75, 3.05) is 18.6 Å². The van der Waals surface area contributed by atoms with Gasteiger partial charge in [0.1, 0.15) is 16.6 Å². The Morgan fingerprint density at radius 2 is 1.88 bits per heavy atom. The van der Waals surface area contributed by atoms with Crippen molar-refractivity contribution in [3.8, 4) is 5.75 Å². The van der Waals surface area contributed by atoms with Crippen LogP contribution in [0.5, 0.6) is 5.75 Å². The Morgan fingerprint density at radius 1 is 1.15 bits per heavy atom. The van der Waals surface area contributed by atoms with Crippen LogP contribution in [0.25, 0.3) is 5.57 Å². The lowest BCUT2D eigenvalue weighted by Crippen LogP contribution is -2.39. The Morgan fingerprint density at radius 3 is 2.54 bits per heavy atom. The molecule has 0 bridgehead atoms. The summed E-state index contributed by atoms with van der Waals surface area (Å²) in [6.07, 6.45) is 0.473. The number of nitrogens with zero attached hydrogens (tertiary/aromatic N) is 3. The molecule has 3 aromatic carbocycles. The number of amides is 3. The maximum absolute atomic E-state index is 13.9. The first-order valence-electron chi connectivity index (χ1n) is 12.4. The molecule has 0 radical (unpaired) electrons. The summed E-state index contributed by atoms with van der Waals surface area (Å²) in [6.45, 7) is -0.273. The molecule has 1 unspecified atom stereocenters. The van der Waals surface area contributed by atoms with Gasteiger partial charge >= 0.3 is 0 Å². The Hall–Kier alpha value is -3.51. The lowest BCUT2D eigenvalue weighted by atomic mass is 9.98. The van der Waals surface area contributed by atoms with Crippen LogP contribution in [0.4, 0.5) is 5.69 Å². The van der Waals surface area contributed by atoms with Crippen molar-refractivity contribution in [2.24, 2.45) is 5.10 Å². The largest absolute Gasteiger partial charge is 0.497 e. The van der Waals surface area contributed by atoms with Gasteiger partial charge in [0.25, 0.3) is 17.7 Å². The highest BCUT2D eigenvalue weighted by Crippen LogP contribution is 2.44. The summed E-state index contributed by atoms with van der Waals surface area (Å²) in [4.78, 5) is 41.9. The van der Waals surface area contributed by atoms with Gasteiger partial charge in [0.2, 0.25) is 0 Å². The third-order valence-electron chi connectivity index (χ3n) is 6.96. The summed E-state index contributed by atoms with van der Waals surface area (Å²) in [5.41, 5.74) is 3.75. The summed E-state index contributed by atoms with van der Waals surface area (Å²) in [7, 11) is 1.60. The van der Waals surface area contributed by atoms with E-state index in [-0.39, 0.29) is 27.3 Å². The number of carbonyl (C=O) groups is 3. The predicted molar refractivity (Wildman–Crippen MR) is 167 cm³/mol. The first kappa shape index (κ1) is 27.6. The molecule has 8 nitrogen and oxygen atoms in total. The zero-order chi connectivity index (χ0) is 28.8. The van der Waals surface area contributed by atoms with Crippen LogP contribution >= 0.6 is 51.5 Å². The summed E-state index contributed by atoms with van der Waals surface area (Å²) < 4.78 is 6.29. The van der Waals surface area contributed by atoms with Crippen molar-refractivity contribution < 1.29 is 19.1 Å². The minimum atomic E-state index is -0.449. The van der Waals surface area contributed by atoms with E-state index < -0.39 is 17.9 Å². The van der Waals surface area contributed by atoms with Gasteiger partial charge in [0, 0.05) is 21.5 Å². The highest BCUT2D eigenvalue weighted by molar-refractivity contribution is 9.10. The quantitative estimate of drug-likeness (QED) is 0.278. The molecule has 41 heavy (non-hydrogen) atoms. The third-order valence-corrected chi connectivity index (χ3v) is 8.94. The number of rotatable bonds is 5. The van der Waals surface area contributed by atoms with Crippen molar-refractivity contribution in [3.63, 3.8) is 0 Å². The molecule has 12 heteroatoms. The molecule has 1 atom stereocenters. The molecule has 3 aromatic rings. The van der Waals surface area contributed by atoms with Crippen molar-refractivity contribution in [3.05, 3.63) is 97.8 Å². The van der Waals surface area contributed by atoms with Gasteiger partial charge in [-0.25, -0.2) is 5.01 Å². The number of thioether (sulfide) groups is 1. The van der Waals surface area contributed by atoms with E-state index in [1.54, 1.807) is 37.4 Å². The maximum Gasteiger partial charge on any atom is 0.264 e. The highest BCUT2D eigenvalue weighted by Gasteiger charge is 2.42. The number of benzene rings is 3. The second-order valence-corrected chi connectivity index (χ2v) is 12.4. The van der Waals surface area contributed by atoms with Gasteiger partial charge < -0.3 is 10.1 Å². The van der Waals surface area contributed by atoms with Crippen molar-refractivity contribution in [1.29, 1.82) is 0 Å². The SMILES string of the molecule is COc1ccc(C2=NN(C(=O)CN3C(=O)/C(=C4\SC(=S)NC4=O)c4cc(Br)ccc43)C(c3ccc(Cl)cc3)C2)cc1. The zero-order valence-electron chi connectivity index (χ0n) is 21.4. The minimum absolute atomic E-state index is 0.217. The topological polar surface area (TPSA) is 91.3 Å². The molecule has 6 rings (SSSR count). The van der Waals surface area contributed by atoms with Crippen LogP contribution in [0, 0.1) is 0 Å². The molecule has 0 aliphatic carbocycles. The van der Waals surface area contributed by atoms with E-state index in [1.807, 2.05) is 36.4 Å². The fourth-order valence-corrected chi connectivity index (χ4v) is 6.61. The molecule has 3 aliphatic heterocycles. The monoisotopic (exact) mass is 666 g/mol. The standard InChI is InChI=1S/C29H20BrClN4O4S2/c1-39-19-9-4-15(5-10-19)21-13-23(16-2-7-18(31)8-3-16)35(33-21)24(36)14-34-22-11-6-17(30)12-20(22)25(28(34)38)26-27(37)32-29(40)41-26/h2-12,23H,13-14H2,1H3,(H,32,37,40)/b26-25-. The molecule has 3 amide bonds. The van der Waals surface area contributed by atoms with E-state index in [1.165, 1.54) is 9.91 Å². The Labute approximate surface area is 258 Å². The van der Waals surface area contributed by atoms with Gasteiger partial charge in [-0.1, -0.05) is 63.6 Å². The van der Waals surface area contributed by atoms with Crippen LogP contribution in [0.2, 0.25) is 5.02 Å². The van der Waals surface area contributed by atoms with Crippen LogP contribution in [0.1, 0.15) is 29.2 Å². The second kappa shape index (κ2) is 11.1. The second-order valence-electron chi connectivity index (χ2n) is 9.39. The number of halogens is 2. The lowest BCUT2D eigenvalue weighted by Gasteiger charge is -2.25. The average Bonchev–Trinajstić information content (AvgIpc) is 3.62. The number of methoxy groups -OCH3 is 1. The number of anilines is 1. The van der Waals surface area contributed by atoms with Gasteiger partial charge in [-0.2, -0.15) is 5.10 Å². The van der Waals surface area contributed by atoms with Gasteiger partial charge in [-0.05, 0) is 65.7 Å². The number of carbonyl (C=O) groups excluding carboxylic acids is 3. The highest BCUT2D eigenvalue weighted by atomic mass is 79.9. The first-order chi connectivity index (χ1) is 19.7. The number of ether oxygens (including phenoxy) is 1. The minimum Gasteiger partial charge on any atom is -0.497 e. The zero-order valence-corrected chi connectivity index (χ0v) is 25.4. The van der Waals surface area contributed by atoms with Crippen LogP contribution in [-0.4, -0.2) is 46.4 Å². The summed E-state index contributed by atoms with van der Waals surface area (Å²) in [5.74, 6) is -0.540. The Balaban J connectivity index is 1.36. The maximum atomic E-state index is 13.9. The molecule has 1 saturated heterocycles. The summed E-state index contributed by atoms with van der Waals surface area (Å²) in [6, 6.07) is 19.7. The molecule has 0 saturated carbocycles. The molecular formula is C29H20BrClN4O4S2. The Bertz CT molecular complexity index is 1690. The first-order valence-corrected chi connectivity index (χ1v) is 14.8. The number of hydrazone groups is 1. The number of nitrogens with one attached hydrogen (secondary N) is 1. The van der Waals surface area contributed by atoms with Gasteiger partial charge in [-0.3, -0.25) is 19.3 Å². The average molecular weight is 668 g/mol. The smallest absolute Gasteiger partial charge is 0.264 e. The van der Waals surface area contributed by atoms with Crippen LogP contribution in [-0.2, 0) is 14.4 Å². The molecule has 1 N–H and O–H groups in total. The fourth-order valence-electron chi connectivity index (χ4n) is 5.01. The number of fused-ring (bicyclic) bond motifs is 1. The molecule has 3 heterocycles. The summed E-state index contributed by atoms with van der Waals surface area (Å²) >= 11 is 15.8. The molecule has 0 spiro atoms. The van der Waals surface area contributed by atoms with Crippen molar-refractivity contribution in [2.45, 2.75) is 12.5 Å². The molecule has 206 valence electrons. The lowest BCUT2D eigenvalue weighted by molar-refractivity contribution is -0.132. The van der Waals surface area contributed by atoms with Crippen molar-refractivity contribution >= 4 is 90.5 Å². The van der Waals surface area contributed by atoms with E-state index in [0.717, 1.165) is 33.1 Å². The Kier molecular flexibility index (Phi) is 7.45. The van der Waals surface area contributed by atoms with Crippen LogP contribution in [0.15, 0.2) is 81.2 Å². The predicted octanol–water partition coefficient (Wildman–Crippen LogP) is 5.69. The van der Waals surface area contributed by atoms with Gasteiger partial charge in [0.15, 0.2) is 0 Å². The van der Waals surface area contributed by atoms with Crippen molar-refractivity contribution in [1.82, 2.24) is 10.3 Å². The van der Waals surface area contributed by atoms with Gasteiger partial charge in [0.05, 0.1) is 35.0 Å². The van der Waals surface area contributed by atoms with Crippen LogP contribution < -0.4 is 15.0 Å². The van der Waals surface area contributed by atoms with E-state index in [2.05, 4.69) is 21.2 Å².